The van der Waals surface area contributed by atoms with Crippen LogP contribution in [0.25, 0.3) is 0 Å². The molecule has 2 N–H and O–H groups in total. The van der Waals surface area contributed by atoms with Gasteiger partial charge in [0.25, 0.3) is 0 Å². The molecule has 1 atom stereocenters. The largest absolute Gasteiger partial charge is 0.356 e. The minimum atomic E-state index is -0.103. The van der Waals surface area contributed by atoms with Gasteiger partial charge in [-0.25, -0.2) is 0 Å². The van der Waals surface area contributed by atoms with E-state index in [1.165, 1.54) is 31.7 Å². The average Bonchev–Trinajstić information content (AvgIpc) is 2.57. The summed E-state index contributed by atoms with van der Waals surface area (Å²) in [5.41, 5.74) is 1.25. The van der Waals surface area contributed by atoms with Gasteiger partial charge < -0.3 is 10.6 Å². The zero-order chi connectivity index (χ0) is 16.5. The second-order valence-electron chi connectivity index (χ2n) is 6.06. The molecule has 0 aromatic heterocycles. The Morgan fingerprint density at radius 1 is 1.09 bits per heavy atom. The Labute approximate surface area is 138 Å². The Kier molecular flexibility index (Phi) is 7.07. The summed E-state index contributed by atoms with van der Waals surface area (Å²) in [5.74, 6) is -0.120. The highest BCUT2D eigenvalue weighted by atomic mass is 16.2. The highest BCUT2D eigenvalue weighted by Crippen LogP contribution is 2.23. The standard InChI is InChI=1S/C18H27N3O2/c1-15(22)19-11-10-18(23)20-14-17(16-8-4-2-5-9-16)21-12-6-3-7-13-21/h2,4-5,8-9,17H,3,6-7,10-14H2,1H3,(H,19,22)(H,20,23). The van der Waals surface area contributed by atoms with Gasteiger partial charge in [-0.1, -0.05) is 36.8 Å². The number of hydrogen-bond donors (Lipinski definition) is 2. The second-order valence-corrected chi connectivity index (χ2v) is 6.06. The summed E-state index contributed by atoms with van der Waals surface area (Å²) in [6.45, 7) is 4.63. The van der Waals surface area contributed by atoms with Crippen molar-refractivity contribution in [2.45, 2.75) is 38.6 Å². The van der Waals surface area contributed by atoms with Gasteiger partial charge in [0.05, 0.1) is 6.04 Å². The van der Waals surface area contributed by atoms with Crippen LogP contribution >= 0.6 is 0 Å². The summed E-state index contributed by atoms with van der Waals surface area (Å²) >= 11 is 0. The van der Waals surface area contributed by atoms with Gasteiger partial charge in [0.1, 0.15) is 0 Å². The summed E-state index contributed by atoms with van der Waals surface area (Å²) in [6, 6.07) is 10.6. The Morgan fingerprint density at radius 2 is 1.78 bits per heavy atom. The number of piperidine rings is 1. The number of amides is 2. The van der Waals surface area contributed by atoms with Gasteiger partial charge in [-0.3, -0.25) is 14.5 Å². The lowest BCUT2D eigenvalue weighted by Gasteiger charge is -2.35. The van der Waals surface area contributed by atoms with E-state index in [4.69, 9.17) is 0 Å². The quantitative estimate of drug-likeness (QED) is 0.807. The van der Waals surface area contributed by atoms with E-state index in [0.717, 1.165) is 13.1 Å². The lowest BCUT2D eigenvalue weighted by molar-refractivity contribution is -0.121. The average molecular weight is 317 g/mol. The van der Waals surface area contributed by atoms with Gasteiger partial charge in [-0.15, -0.1) is 0 Å². The Bertz CT molecular complexity index is 498. The first kappa shape index (κ1) is 17.5. The minimum Gasteiger partial charge on any atom is -0.356 e. The van der Waals surface area contributed by atoms with Crippen LogP contribution in [-0.4, -0.2) is 42.9 Å². The number of nitrogens with one attached hydrogen (secondary N) is 2. The number of carbonyl (C=O) groups excluding carboxylic acids is 2. The molecule has 0 saturated carbocycles. The van der Waals surface area contributed by atoms with E-state index in [-0.39, 0.29) is 17.9 Å². The molecule has 1 fully saturated rings. The zero-order valence-electron chi connectivity index (χ0n) is 13.9. The third-order valence-corrected chi connectivity index (χ3v) is 4.23. The van der Waals surface area contributed by atoms with Crippen molar-refractivity contribution in [2.75, 3.05) is 26.2 Å². The molecule has 1 aliphatic rings. The number of nitrogens with zero attached hydrogens (tertiary/aromatic N) is 1. The fourth-order valence-corrected chi connectivity index (χ4v) is 3.01. The van der Waals surface area contributed by atoms with Crippen LogP contribution in [-0.2, 0) is 9.59 Å². The van der Waals surface area contributed by atoms with E-state index in [1.807, 2.05) is 18.2 Å². The molecular weight excluding hydrogens is 290 g/mol. The SMILES string of the molecule is CC(=O)NCCC(=O)NCC(c1ccccc1)N1CCCCC1. The molecule has 0 bridgehead atoms. The lowest BCUT2D eigenvalue weighted by atomic mass is 10.0. The highest BCUT2D eigenvalue weighted by Gasteiger charge is 2.22. The van der Waals surface area contributed by atoms with E-state index in [9.17, 15) is 9.59 Å². The third-order valence-electron chi connectivity index (χ3n) is 4.23. The van der Waals surface area contributed by atoms with Gasteiger partial charge in [0.2, 0.25) is 11.8 Å². The van der Waals surface area contributed by atoms with Crippen molar-refractivity contribution < 1.29 is 9.59 Å². The van der Waals surface area contributed by atoms with Crippen molar-refractivity contribution in [1.29, 1.82) is 0 Å². The van der Waals surface area contributed by atoms with Crippen molar-refractivity contribution in [3.8, 4) is 0 Å². The fraction of sp³-hybridized carbons (Fsp3) is 0.556. The highest BCUT2D eigenvalue weighted by molar-refractivity contribution is 5.77. The molecule has 1 heterocycles. The molecule has 0 aliphatic carbocycles. The van der Waals surface area contributed by atoms with E-state index in [1.54, 1.807) is 0 Å². The predicted octanol–water partition coefficient (Wildman–Crippen LogP) is 1.86. The molecular formula is C18H27N3O2. The number of benzene rings is 1. The van der Waals surface area contributed by atoms with E-state index in [0.29, 0.717) is 19.5 Å². The number of rotatable bonds is 7. The molecule has 1 unspecified atom stereocenters. The maximum absolute atomic E-state index is 12.0. The summed E-state index contributed by atoms with van der Waals surface area (Å²) in [7, 11) is 0. The summed E-state index contributed by atoms with van der Waals surface area (Å²) in [5, 5.41) is 5.67. The van der Waals surface area contributed by atoms with Crippen molar-refractivity contribution >= 4 is 11.8 Å². The van der Waals surface area contributed by atoms with Crippen molar-refractivity contribution in [2.24, 2.45) is 0 Å². The summed E-state index contributed by atoms with van der Waals surface area (Å²) < 4.78 is 0. The molecule has 1 aliphatic heterocycles. The molecule has 1 aromatic carbocycles. The molecule has 5 nitrogen and oxygen atoms in total. The zero-order valence-corrected chi connectivity index (χ0v) is 13.9. The molecule has 23 heavy (non-hydrogen) atoms. The summed E-state index contributed by atoms with van der Waals surface area (Å²) in [4.78, 5) is 25.3. The molecule has 5 heteroatoms. The third kappa shape index (κ3) is 6.02. The molecule has 0 radical (unpaired) electrons. The van der Waals surface area contributed by atoms with Crippen molar-refractivity contribution in [1.82, 2.24) is 15.5 Å². The maximum Gasteiger partial charge on any atom is 0.221 e. The Morgan fingerprint density at radius 3 is 2.43 bits per heavy atom. The van der Waals surface area contributed by atoms with Crippen LogP contribution in [0.1, 0.15) is 44.2 Å². The van der Waals surface area contributed by atoms with E-state index in [2.05, 4.69) is 27.7 Å². The Balaban J connectivity index is 1.90. The van der Waals surface area contributed by atoms with Crippen LogP contribution in [0.2, 0.25) is 0 Å². The van der Waals surface area contributed by atoms with Gasteiger partial charge in [-0.05, 0) is 31.5 Å². The fourth-order valence-electron chi connectivity index (χ4n) is 3.01. The van der Waals surface area contributed by atoms with Gasteiger partial charge in [0, 0.05) is 26.4 Å². The van der Waals surface area contributed by atoms with Crippen molar-refractivity contribution in [3.63, 3.8) is 0 Å². The molecule has 2 amide bonds. The number of hydrogen-bond acceptors (Lipinski definition) is 3. The van der Waals surface area contributed by atoms with E-state index < -0.39 is 0 Å². The van der Waals surface area contributed by atoms with Gasteiger partial charge in [-0.2, -0.15) is 0 Å². The molecule has 2 rings (SSSR count). The minimum absolute atomic E-state index is 0.0170. The van der Waals surface area contributed by atoms with E-state index >= 15 is 0 Å². The first-order chi connectivity index (χ1) is 11.2. The molecule has 0 spiro atoms. The number of carbonyl (C=O) groups is 2. The molecule has 1 aromatic rings. The van der Waals surface area contributed by atoms with Crippen LogP contribution in [0.15, 0.2) is 30.3 Å². The molecule has 126 valence electrons. The normalized spacial score (nSPS) is 16.6. The predicted molar refractivity (Wildman–Crippen MR) is 90.9 cm³/mol. The van der Waals surface area contributed by atoms with Crippen LogP contribution < -0.4 is 10.6 Å². The topological polar surface area (TPSA) is 61.4 Å². The Hall–Kier alpha value is -1.88. The van der Waals surface area contributed by atoms with Gasteiger partial charge >= 0.3 is 0 Å². The van der Waals surface area contributed by atoms with Crippen LogP contribution in [0.4, 0.5) is 0 Å². The van der Waals surface area contributed by atoms with Crippen LogP contribution in [0.3, 0.4) is 0 Å². The van der Waals surface area contributed by atoms with Crippen LogP contribution in [0.5, 0.6) is 0 Å². The smallest absolute Gasteiger partial charge is 0.221 e. The first-order valence-corrected chi connectivity index (χ1v) is 8.47. The van der Waals surface area contributed by atoms with Crippen molar-refractivity contribution in [3.05, 3.63) is 35.9 Å². The maximum atomic E-state index is 12.0. The summed E-state index contributed by atoms with van der Waals surface area (Å²) in [6.07, 6.45) is 4.06. The second kappa shape index (κ2) is 9.30. The molecule has 1 saturated heterocycles. The lowest BCUT2D eigenvalue weighted by Crippen LogP contribution is -2.41. The van der Waals surface area contributed by atoms with Gasteiger partial charge in [0.15, 0.2) is 0 Å². The van der Waals surface area contributed by atoms with Crippen LogP contribution in [0, 0.1) is 0 Å². The monoisotopic (exact) mass is 317 g/mol. The number of likely N-dealkylation sites (tertiary alicyclic amines) is 1. The first-order valence-electron chi connectivity index (χ1n) is 8.47.